The van der Waals surface area contributed by atoms with Gasteiger partial charge >= 0.3 is 0 Å². The van der Waals surface area contributed by atoms with Crippen molar-refractivity contribution in [1.29, 1.82) is 0 Å². The number of benzene rings is 1. The first-order chi connectivity index (χ1) is 13.1. The van der Waals surface area contributed by atoms with Gasteiger partial charge in [-0.15, -0.1) is 5.10 Å². The maximum Gasteiger partial charge on any atom is 0.230 e. The Labute approximate surface area is 160 Å². The van der Waals surface area contributed by atoms with E-state index in [0.29, 0.717) is 35.5 Å². The first-order valence-electron chi connectivity index (χ1n) is 8.71. The highest BCUT2D eigenvalue weighted by Gasteiger charge is 2.33. The summed E-state index contributed by atoms with van der Waals surface area (Å²) in [7, 11) is 3.25. The summed E-state index contributed by atoms with van der Waals surface area (Å²) in [6, 6.07) is 5.59. The number of methoxy groups -OCH3 is 2. The summed E-state index contributed by atoms with van der Waals surface area (Å²) in [5, 5.41) is 15.2. The van der Waals surface area contributed by atoms with Crippen molar-refractivity contribution < 1.29 is 19.3 Å². The highest BCUT2D eigenvalue weighted by molar-refractivity contribution is 7.17. The Kier molecular flexibility index (Phi) is 4.90. The van der Waals surface area contributed by atoms with E-state index >= 15 is 0 Å². The third-order valence-corrected chi connectivity index (χ3v) is 5.77. The molecule has 0 amide bonds. The van der Waals surface area contributed by atoms with Gasteiger partial charge in [0.2, 0.25) is 10.8 Å². The van der Waals surface area contributed by atoms with Crippen molar-refractivity contribution in [2.24, 2.45) is 0 Å². The zero-order valence-electron chi connectivity index (χ0n) is 15.5. The molecule has 8 nitrogen and oxygen atoms in total. The van der Waals surface area contributed by atoms with E-state index < -0.39 is 0 Å². The number of rotatable bonds is 5. The minimum absolute atomic E-state index is 0.108. The van der Waals surface area contributed by atoms with Gasteiger partial charge in [-0.25, -0.2) is 4.98 Å². The van der Waals surface area contributed by atoms with Crippen molar-refractivity contribution in [2.75, 3.05) is 40.5 Å². The zero-order valence-corrected chi connectivity index (χ0v) is 16.3. The van der Waals surface area contributed by atoms with Gasteiger partial charge in [-0.05, 0) is 13.0 Å². The molecule has 3 aromatic rings. The molecule has 0 aliphatic carbocycles. The molecule has 0 spiro atoms. The predicted octanol–water partition coefficient (Wildman–Crippen LogP) is 2.24. The third kappa shape index (κ3) is 3.11. The number of aryl methyl sites for hydroxylation is 1. The molecule has 1 atom stereocenters. The summed E-state index contributed by atoms with van der Waals surface area (Å²) in [5.41, 5.74) is 0.926. The number of thiazole rings is 1. The van der Waals surface area contributed by atoms with Crippen LogP contribution in [0.5, 0.6) is 17.4 Å². The van der Waals surface area contributed by atoms with Gasteiger partial charge in [0, 0.05) is 18.7 Å². The highest BCUT2D eigenvalue weighted by Crippen LogP contribution is 2.45. The minimum atomic E-state index is -0.215. The minimum Gasteiger partial charge on any atom is -0.493 e. The van der Waals surface area contributed by atoms with Crippen molar-refractivity contribution in [2.45, 2.75) is 13.0 Å². The van der Waals surface area contributed by atoms with Gasteiger partial charge in [-0.2, -0.15) is 4.52 Å². The molecule has 2 aromatic heterocycles. The molecule has 1 fully saturated rings. The number of fused-ring (bicyclic) bond motifs is 1. The van der Waals surface area contributed by atoms with Gasteiger partial charge in [0.1, 0.15) is 5.82 Å². The Morgan fingerprint density at radius 2 is 2.00 bits per heavy atom. The molecule has 4 rings (SSSR count). The van der Waals surface area contributed by atoms with Gasteiger partial charge in [0.25, 0.3) is 0 Å². The smallest absolute Gasteiger partial charge is 0.230 e. The molecule has 9 heteroatoms. The van der Waals surface area contributed by atoms with Crippen LogP contribution in [0, 0.1) is 6.92 Å². The van der Waals surface area contributed by atoms with Gasteiger partial charge < -0.3 is 19.3 Å². The Morgan fingerprint density at radius 3 is 2.67 bits per heavy atom. The Morgan fingerprint density at radius 1 is 1.22 bits per heavy atom. The quantitative estimate of drug-likeness (QED) is 0.715. The van der Waals surface area contributed by atoms with Crippen LogP contribution in [0.3, 0.4) is 0 Å². The number of hydrogen-bond acceptors (Lipinski definition) is 8. The van der Waals surface area contributed by atoms with E-state index in [1.165, 1.54) is 15.9 Å². The standard InChI is InChI=1S/C18H22N4O4S/c1-11-19-18-22(20-11)17(23)16(27-18)14(21-7-9-26-10-8-21)12-5-4-6-13(24-2)15(12)25-3/h4-6,14,23H,7-10H2,1-3H3/t14-/m1/s1. The molecule has 3 heterocycles. The number of para-hydroxylation sites is 1. The van der Waals surface area contributed by atoms with Gasteiger partial charge in [-0.1, -0.05) is 23.5 Å². The summed E-state index contributed by atoms with van der Waals surface area (Å²) >= 11 is 1.43. The number of hydrogen-bond donors (Lipinski definition) is 1. The number of aromatic nitrogens is 3. The van der Waals surface area contributed by atoms with E-state index in [4.69, 9.17) is 14.2 Å². The van der Waals surface area contributed by atoms with Crippen LogP contribution in [-0.2, 0) is 4.74 Å². The van der Waals surface area contributed by atoms with Crippen molar-refractivity contribution in [3.63, 3.8) is 0 Å². The van der Waals surface area contributed by atoms with E-state index in [9.17, 15) is 5.11 Å². The largest absolute Gasteiger partial charge is 0.493 e. The summed E-state index contributed by atoms with van der Waals surface area (Å²) in [6.07, 6.45) is 0. The molecule has 0 bridgehead atoms. The van der Waals surface area contributed by atoms with Crippen LogP contribution in [0.25, 0.3) is 4.96 Å². The van der Waals surface area contributed by atoms with Crippen LogP contribution >= 0.6 is 11.3 Å². The first kappa shape index (κ1) is 18.0. The van der Waals surface area contributed by atoms with Crippen LogP contribution in [0.4, 0.5) is 0 Å². The fourth-order valence-corrected chi connectivity index (χ4v) is 4.65. The maximum atomic E-state index is 10.9. The molecule has 0 unspecified atom stereocenters. The Hall–Kier alpha value is -2.36. The lowest BCUT2D eigenvalue weighted by Crippen LogP contribution is -2.39. The van der Waals surface area contributed by atoms with Gasteiger partial charge in [-0.3, -0.25) is 4.90 Å². The summed E-state index contributed by atoms with van der Waals surface area (Å²) < 4.78 is 18.2. The molecule has 144 valence electrons. The van der Waals surface area contributed by atoms with Gasteiger partial charge in [0.05, 0.1) is 38.4 Å². The lowest BCUT2D eigenvalue weighted by molar-refractivity contribution is 0.0236. The molecule has 1 aliphatic rings. The monoisotopic (exact) mass is 390 g/mol. The van der Waals surface area contributed by atoms with Crippen LogP contribution in [0.15, 0.2) is 18.2 Å². The lowest BCUT2D eigenvalue weighted by atomic mass is 10.0. The Balaban J connectivity index is 1.89. The fourth-order valence-electron chi connectivity index (χ4n) is 3.49. The number of aromatic hydroxyl groups is 1. The van der Waals surface area contributed by atoms with E-state index in [1.54, 1.807) is 14.2 Å². The molecule has 0 saturated carbocycles. The topological polar surface area (TPSA) is 81.4 Å². The van der Waals surface area contributed by atoms with E-state index in [0.717, 1.165) is 23.5 Å². The molecule has 0 radical (unpaired) electrons. The SMILES string of the molecule is COc1cccc([C@H](c2sc3nc(C)nn3c2O)N2CCOCC2)c1OC. The lowest BCUT2D eigenvalue weighted by Gasteiger charge is -2.34. The Bertz CT molecular complexity index is 948. The fraction of sp³-hybridized carbons (Fsp3) is 0.444. The summed E-state index contributed by atoms with van der Waals surface area (Å²) in [5.74, 6) is 2.05. The third-order valence-electron chi connectivity index (χ3n) is 4.69. The molecule has 1 aliphatic heterocycles. The number of ether oxygens (including phenoxy) is 3. The molecule has 1 saturated heterocycles. The summed E-state index contributed by atoms with van der Waals surface area (Å²) in [6.45, 7) is 4.59. The molecular formula is C18H22N4O4S. The number of morpholine rings is 1. The van der Waals surface area contributed by atoms with Crippen LogP contribution in [-0.4, -0.2) is 65.1 Å². The second kappa shape index (κ2) is 7.34. The van der Waals surface area contributed by atoms with Crippen molar-refractivity contribution in [1.82, 2.24) is 19.5 Å². The van der Waals surface area contributed by atoms with E-state index in [2.05, 4.69) is 15.0 Å². The van der Waals surface area contributed by atoms with Crippen LogP contribution in [0.2, 0.25) is 0 Å². The summed E-state index contributed by atoms with van der Waals surface area (Å²) in [4.78, 5) is 8.12. The van der Waals surface area contributed by atoms with Crippen LogP contribution in [0.1, 0.15) is 22.3 Å². The molecule has 1 N–H and O–H groups in total. The van der Waals surface area contributed by atoms with Crippen molar-refractivity contribution in [3.8, 4) is 17.4 Å². The second-order valence-corrected chi connectivity index (χ2v) is 7.29. The number of nitrogens with zero attached hydrogens (tertiary/aromatic N) is 4. The predicted molar refractivity (Wildman–Crippen MR) is 101 cm³/mol. The molecule has 1 aromatic carbocycles. The first-order valence-corrected chi connectivity index (χ1v) is 9.53. The highest BCUT2D eigenvalue weighted by atomic mass is 32.1. The van der Waals surface area contributed by atoms with E-state index in [1.807, 2.05) is 25.1 Å². The van der Waals surface area contributed by atoms with Crippen molar-refractivity contribution in [3.05, 3.63) is 34.5 Å². The molecule has 27 heavy (non-hydrogen) atoms. The van der Waals surface area contributed by atoms with Gasteiger partial charge in [0.15, 0.2) is 11.5 Å². The molecular weight excluding hydrogens is 368 g/mol. The zero-order chi connectivity index (χ0) is 19.0. The van der Waals surface area contributed by atoms with E-state index in [-0.39, 0.29) is 11.9 Å². The van der Waals surface area contributed by atoms with Crippen molar-refractivity contribution >= 4 is 16.3 Å². The average molecular weight is 390 g/mol. The second-order valence-electron chi connectivity index (χ2n) is 6.28. The average Bonchev–Trinajstić information content (AvgIpc) is 3.20. The van der Waals surface area contributed by atoms with Crippen LogP contribution < -0.4 is 9.47 Å². The maximum absolute atomic E-state index is 10.9. The normalized spacial score (nSPS) is 16.6.